The van der Waals surface area contributed by atoms with Crippen molar-refractivity contribution in [3.05, 3.63) is 24.0 Å². The highest BCUT2D eigenvalue weighted by Crippen LogP contribution is 2.44. The number of aliphatic hydroxyl groups excluding tert-OH is 1. The van der Waals surface area contributed by atoms with Crippen LogP contribution in [0.2, 0.25) is 0 Å². The summed E-state index contributed by atoms with van der Waals surface area (Å²) in [6, 6.07) is 4.38. The molecule has 0 unspecified atom stereocenters. The summed E-state index contributed by atoms with van der Waals surface area (Å²) in [5.74, 6) is -0.341. The molecule has 4 heteroatoms. The number of hydrogen-bond donors (Lipinski definition) is 3. The summed E-state index contributed by atoms with van der Waals surface area (Å²) < 4.78 is 13.0. The van der Waals surface area contributed by atoms with Gasteiger partial charge in [0.25, 0.3) is 0 Å². The first-order chi connectivity index (χ1) is 7.13. The third-order valence-electron chi connectivity index (χ3n) is 2.88. The number of nitrogen functional groups attached to an aromatic ring is 1. The van der Waals surface area contributed by atoms with Crippen LogP contribution in [-0.4, -0.2) is 18.3 Å². The monoisotopic (exact) mass is 210 g/mol. The number of nitrogens with two attached hydrogens (primary N) is 1. The molecule has 1 fully saturated rings. The van der Waals surface area contributed by atoms with Crippen LogP contribution in [0.4, 0.5) is 15.8 Å². The molecule has 1 saturated carbocycles. The maximum absolute atomic E-state index is 13.0. The van der Waals surface area contributed by atoms with Gasteiger partial charge in [0.05, 0.1) is 6.61 Å². The third kappa shape index (κ3) is 2.39. The molecule has 1 aromatic rings. The molecule has 0 aromatic heterocycles. The van der Waals surface area contributed by atoms with Crippen molar-refractivity contribution < 1.29 is 9.50 Å². The fraction of sp³-hybridized carbons (Fsp3) is 0.455. The molecule has 1 aliphatic rings. The second kappa shape index (κ2) is 3.70. The average molecular weight is 210 g/mol. The van der Waals surface area contributed by atoms with Crippen molar-refractivity contribution in [1.29, 1.82) is 0 Å². The van der Waals surface area contributed by atoms with Crippen molar-refractivity contribution in [3.63, 3.8) is 0 Å². The predicted molar refractivity (Wildman–Crippen MR) is 58.1 cm³/mol. The van der Waals surface area contributed by atoms with Crippen molar-refractivity contribution >= 4 is 11.4 Å². The summed E-state index contributed by atoms with van der Waals surface area (Å²) in [7, 11) is 0. The van der Waals surface area contributed by atoms with Crippen LogP contribution in [0.1, 0.15) is 12.8 Å². The van der Waals surface area contributed by atoms with Gasteiger partial charge in [0.1, 0.15) is 5.82 Å². The molecule has 4 N–H and O–H groups in total. The normalized spacial score (nSPS) is 17.5. The quantitative estimate of drug-likeness (QED) is 0.661. The van der Waals surface area contributed by atoms with E-state index in [-0.39, 0.29) is 17.8 Å². The Morgan fingerprint density at radius 1 is 1.40 bits per heavy atom. The van der Waals surface area contributed by atoms with Crippen LogP contribution in [0, 0.1) is 11.2 Å². The average Bonchev–Trinajstić information content (AvgIpc) is 2.94. The van der Waals surface area contributed by atoms with E-state index >= 15 is 0 Å². The number of nitrogens with one attached hydrogen (secondary N) is 1. The summed E-state index contributed by atoms with van der Waals surface area (Å²) in [5.41, 5.74) is 6.61. The molecular formula is C11H15FN2O. The van der Waals surface area contributed by atoms with E-state index < -0.39 is 0 Å². The van der Waals surface area contributed by atoms with E-state index in [1.54, 1.807) is 6.07 Å². The Hall–Kier alpha value is -1.29. The first-order valence-electron chi connectivity index (χ1n) is 5.04. The van der Waals surface area contributed by atoms with Gasteiger partial charge in [-0.05, 0) is 31.0 Å². The predicted octanol–water partition coefficient (Wildman–Crippen LogP) is 1.59. The summed E-state index contributed by atoms with van der Waals surface area (Å²) >= 11 is 0. The van der Waals surface area contributed by atoms with Crippen molar-refractivity contribution in [2.24, 2.45) is 5.41 Å². The van der Waals surface area contributed by atoms with E-state index in [0.29, 0.717) is 17.9 Å². The van der Waals surface area contributed by atoms with Gasteiger partial charge in [-0.15, -0.1) is 0 Å². The van der Waals surface area contributed by atoms with Gasteiger partial charge >= 0.3 is 0 Å². The molecule has 1 aliphatic carbocycles. The van der Waals surface area contributed by atoms with Crippen molar-refractivity contribution in [2.45, 2.75) is 12.8 Å². The fourth-order valence-corrected chi connectivity index (χ4v) is 1.57. The Bertz CT molecular complexity index is 343. The van der Waals surface area contributed by atoms with Crippen LogP contribution in [-0.2, 0) is 0 Å². The number of halogens is 1. The molecule has 0 spiro atoms. The fourth-order valence-electron chi connectivity index (χ4n) is 1.57. The largest absolute Gasteiger partial charge is 0.399 e. The molecule has 0 atom stereocenters. The second-order valence-electron chi connectivity index (χ2n) is 4.28. The Morgan fingerprint density at radius 3 is 2.67 bits per heavy atom. The Labute approximate surface area is 88.1 Å². The lowest BCUT2D eigenvalue weighted by Crippen LogP contribution is -2.19. The number of aliphatic hydroxyl groups is 1. The molecule has 0 saturated heterocycles. The Balaban J connectivity index is 1.99. The standard InChI is InChI=1S/C11H15FN2O/c12-8-3-9(13)5-10(4-8)14-6-11(7-15)1-2-11/h3-5,14-15H,1-2,6-7,13H2. The smallest absolute Gasteiger partial charge is 0.127 e. The van der Waals surface area contributed by atoms with Gasteiger partial charge in [0, 0.05) is 23.3 Å². The lowest BCUT2D eigenvalue weighted by Gasteiger charge is -2.14. The van der Waals surface area contributed by atoms with Crippen molar-refractivity contribution in [1.82, 2.24) is 0 Å². The van der Waals surface area contributed by atoms with Crippen LogP contribution in [0.25, 0.3) is 0 Å². The van der Waals surface area contributed by atoms with Crippen molar-refractivity contribution in [3.8, 4) is 0 Å². The SMILES string of the molecule is Nc1cc(F)cc(NCC2(CO)CC2)c1. The van der Waals surface area contributed by atoms with E-state index in [0.717, 1.165) is 12.8 Å². The molecule has 0 bridgehead atoms. The van der Waals surface area contributed by atoms with Crippen molar-refractivity contribution in [2.75, 3.05) is 24.2 Å². The Morgan fingerprint density at radius 2 is 2.13 bits per heavy atom. The number of benzene rings is 1. The van der Waals surface area contributed by atoms with E-state index in [1.165, 1.54) is 12.1 Å². The highest BCUT2D eigenvalue weighted by Gasteiger charge is 2.41. The zero-order chi connectivity index (χ0) is 10.9. The topological polar surface area (TPSA) is 58.3 Å². The van der Waals surface area contributed by atoms with E-state index in [9.17, 15) is 4.39 Å². The molecule has 2 rings (SSSR count). The zero-order valence-corrected chi connectivity index (χ0v) is 8.46. The van der Waals surface area contributed by atoms with Crippen LogP contribution < -0.4 is 11.1 Å². The number of hydrogen-bond acceptors (Lipinski definition) is 3. The lowest BCUT2D eigenvalue weighted by atomic mass is 10.1. The summed E-state index contributed by atoms with van der Waals surface area (Å²) in [6.45, 7) is 0.858. The van der Waals surface area contributed by atoms with E-state index in [4.69, 9.17) is 10.8 Å². The van der Waals surface area contributed by atoms with E-state index in [1.807, 2.05) is 0 Å². The molecule has 0 aliphatic heterocycles. The van der Waals surface area contributed by atoms with Crippen LogP contribution in [0.15, 0.2) is 18.2 Å². The summed E-state index contributed by atoms with van der Waals surface area (Å²) in [5, 5.41) is 12.2. The van der Waals surface area contributed by atoms with Crippen LogP contribution in [0.5, 0.6) is 0 Å². The van der Waals surface area contributed by atoms with Gasteiger partial charge in [-0.25, -0.2) is 4.39 Å². The van der Waals surface area contributed by atoms with Gasteiger partial charge in [0.2, 0.25) is 0 Å². The Kier molecular flexibility index (Phi) is 2.52. The van der Waals surface area contributed by atoms with Gasteiger partial charge in [0.15, 0.2) is 0 Å². The maximum Gasteiger partial charge on any atom is 0.127 e. The molecule has 3 nitrogen and oxygen atoms in total. The van der Waals surface area contributed by atoms with Gasteiger partial charge < -0.3 is 16.2 Å². The number of anilines is 2. The molecule has 82 valence electrons. The molecule has 1 aromatic carbocycles. The van der Waals surface area contributed by atoms with Gasteiger partial charge in [-0.1, -0.05) is 0 Å². The highest BCUT2D eigenvalue weighted by molar-refractivity contribution is 5.54. The highest BCUT2D eigenvalue weighted by atomic mass is 19.1. The first kappa shape index (κ1) is 10.2. The van der Waals surface area contributed by atoms with Gasteiger partial charge in [-0.3, -0.25) is 0 Å². The molecular weight excluding hydrogens is 195 g/mol. The van der Waals surface area contributed by atoms with Crippen LogP contribution >= 0.6 is 0 Å². The van der Waals surface area contributed by atoms with E-state index in [2.05, 4.69) is 5.32 Å². The first-order valence-corrected chi connectivity index (χ1v) is 5.04. The summed E-state index contributed by atoms with van der Waals surface area (Å²) in [6.07, 6.45) is 2.06. The molecule has 15 heavy (non-hydrogen) atoms. The maximum atomic E-state index is 13.0. The molecule has 0 amide bonds. The second-order valence-corrected chi connectivity index (χ2v) is 4.28. The minimum absolute atomic E-state index is 0.0150. The zero-order valence-electron chi connectivity index (χ0n) is 8.46. The number of rotatable bonds is 4. The molecule has 0 heterocycles. The third-order valence-corrected chi connectivity index (χ3v) is 2.88. The lowest BCUT2D eigenvalue weighted by molar-refractivity contribution is 0.220. The molecule has 0 radical (unpaired) electrons. The summed E-state index contributed by atoms with van der Waals surface area (Å²) in [4.78, 5) is 0. The van der Waals surface area contributed by atoms with Crippen LogP contribution in [0.3, 0.4) is 0 Å². The minimum Gasteiger partial charge on any atom is -0.399 e. The minimum atomic E-state index is -0.341. The van der Waals surface area contributed by atoms with Gasteiger partial charge in [-0.2, -0.15) is 0 Å².